The summed E-state index contributed by atoms with van der Waals surface area (Å²) < 4.78 is 0. The number of carboxylic acid groups (broad SMARTS) is 1. The van der Waals surface area contributed by atoms with Crippen LogP contribution in [-0.4, -0.2) is 17.0 Å². The van der Waals surface area contributed by atoms with Crippen molar-refractivity contribution >= 4 is 11.9 Å². The minimum Gasteiger partial charge on any atom is -0.481 e. The van der Waals surface area contributed by atoms with Crippen LogP contribution in [0.15, 0.2) is 36.4 Å². The highest BCUT2D eigenvalue weighted by atomic mass is 16.4. The molecule has 106 valence electrons. The summed E-state index contributed by atoms with van der Waals surface area (Å²) >= 11 is 0. The first-order valence-electron chi connectivity index (χ1n) is 6.79. The number of carboxylic acids is 1. The van der Waals surface area contributed by atoms with Crippen LogP contribution in [0.5, 0.6) is 0 Å². The lowest BCUT2D eigenvalue weighted by Crippen LogP contribution is -2.38. The van der Waals surface area contributed by atoms with E-state index in [1.54, 1.807) is 0 Å². The van der Waals surface area contributed by atoms with E-state index in [-0.39, 0.29) is 5.91 Å². The van der Waals surface area contributed by atoms with Gasteiger partial charge in [0, 0.05) is 6.54 Å². The molecular formula is C16H19NO3. The summed E-state index contributed by atoms with van der Waals surface area (Å²) in [5.41, 5.74) is 2.16. The molecule has 2 atom stereocenters. The number of hydrogen-bond acceptors (Lipinski definition) is 2. The number of allylic oxidation sites excluding steroid dienone is 2. The Labute approximate surface area is 118 Å². The summed E-state index contributed by atoms with van der Waals surface area (Å²) in [6.45, 7) is 2.44. The van der Waals surface area contributed by atoms with E-state index in [9.17, 15) is 9.59 Å². The summed E-state index contributed by atoms with van der Waals surface area (Å²) in [7, 11) is 0. The SMILES string of the molecule is Cc1cccc(CNC(=O)C2CC=CCC2C(=O)O)c1. The van der Waals surface area contributed by atoms with Crippen molar-refractivity contribution in [2.45, 2.75) is 26.3 Å². The molecule has 0 heterocycles. The molecule has 20 heavy (non-hydrogen) atoms. The Kier molecular flexibility index (Phi) is 4.56. The van der Waals surface area contributed by atoms with E-state index in [1.165, 1.54) is 0 Å². The predicted molar refractivity (Wildman–Crippen MR) is 76.0 cm³/mol. The molecule has 0 spiro atoms. The fourth-order valence-electron chi connectivity index (χ4n) is 2.52. The number of hydrogen-bond donors (Lipinski definition) is 2. The van der Waals surface area contributed by atoms with Gasteiger partial charge in [-0.1, -0.05) is 42.0 Å². The smallest absolute Gasteiger partial charge is 0.307 e. The number of aliphatic carboxylic acids is 1. The average molecular weight is 273 g/mol. The van der Waals surface area contributed by atoms with Gasteiger partial charge in [0.05, 0.1) is 11.8 Å². The van der Waals surface area contributed by atoms with Crippen molar-refractivity contribution in [1.82, 2.24) is 5.32 Å². The largest absolute Gasteiger partial charge is 0.481 e. The molecule has 4 nitrogen and oxygen atoms in total. The molecule has 0 saturated carbocycles. The first-order valence-corrected chi connectivity index (χ1v) is 6.79. The lowest BCUT2D eigenvalue weighted by atomic mass is 9.82. The van der Waals surface area contributed by atoms with Crippen LogP contribution < -0.4 is 5.32 Å². The normalized spacial score (nSPS) is 21.4. The molecule has 4 heteroatoms. The number of nitrogens with one attached hydrogen (secondary N) is 1. The minimum atomic E-state index is -0.898. The van der Waals surface area contributed by atoms with Crippen molar-refractivity contribution in [3.05, 3.63) is 47.5 Å². The summed E-state index contributed by atoms with van der Waals surface area (Å²) in [4.78, 5) is 23.3. The van der Waals surface area contributed by atoms with Gasteiger partial charge in [0.1, 0.15) is 0 Å². The molecule has 1 amide bonds. The van der Waals surface area contributed by atoms with E-state index in [2.05, 4.69) is 5.32 Å². The van der Waals surface area contributed by atoms with Gasteiger partial charge in [-0.2, -0.15) is 0 Å². The highest BCUT2D eigenvalue weighted by Crippen LogP contribution is 2.26. The zero-order chi connectivity index (χ0) is 14.5. The van der Waals surface area contributed by atoms with E-state index in [4.69, 9.17) is 5.11 Å². The maximum Gasteiger partial charge on any atom is 0.307 e. The van der Waals surface area contributed by atoms with Gasteiger partial charge in [0.25, 0.3) is 0 Å². The molecule has 0 saturated heterocycles. The van der Waals surface area contributed by atoms with Crippen LogP contribution in [0.25, 0.3) is 0 Å². The molecule has 0 aromatic heterocycles. The molecule has 1 aromatic carbocycles. The lowest BCUT2D eigenvalue weighted by Gasteiger charge is -2.24. The van der Waals surface area contributed by atoms with E-state index in [0.717, 1.165) is 11.1 Å². The maximum atomic E-state index is 12.2. The molecule has 0 aliphatic heterocycles. The van der Waals surface area contributed by atoms with Gasteiger partial charge in [-0.15, -0.1) is 0 Å². The summed E-state index contributed by atoms with van der Waals surface area (Å²) in [6.07, 6.45) is 4.65. The van der Waals surface area contributed by atoms with Crippen molar-refractivity contribution in [1.29, 1.82) is 0 Å². The van der Waals surface area contributed by atoms with Crippen molar-refractivity contribution in [2.75, 3.05) is 0 Å². The van der Waals surface area contributed by atoms with Crippen molar-refractivity contribution in [3.8, 4) is 0 Å². The molecule has 1 aliphatic rings. The Bertz CT molecular complexity index is 536. The van der Waals surface area contributed by atoms with Crippen LogP contribution in [0.3, 0.4) is 0 Å². The third kappa shape index (κ3) is 3.47. The number of benzene rings is 1. The van der Waals surface area contributed by atoms with Crippen LogP contribution >= 0.6 is 0 Å². The highest BCUT2D eigenvalue weighted by molar-refractivity contribution is 5.85. The van der Waals surface area contributed by atoms with Gasteiger partial charge < -0.3 is 10.4 Å². The third-order valence-electron chi connectivity index (χ3n) is 3.64. The number of amides is 1. The molecule has 1 aliphatic carbocycles. The molecule has 2 rings (SSSR count). The second-order valence-corrected chi connectivity index (χ2v) is 5.20. The second kappa shape index (κ2) is 6.37. The number of rotatable bonds is 4. The minimum absolute atomic E-state index is 0.178. The molecular weight excluding hydrogens is 254 g/mol. The van der Waals surface area contributed by atoms with E-state index < -0.39 is 17.8 Å². The Morgan fingerprint density at radius 3 is 2.60 bits per heavy atom. The molecule has 0 fully saturated rings. The standard InChI is InChI=1S/C16H19NO3/c1-11-5-4-6-12(9-11)10-17-15(18)13-7-2-3-8-14(13)16(19)20/h2-6,9,13-14H,7-8,10H2,1H3,(H,17,18)(H,19,20). The van der Waals surface area contributed by atoms with Gasteiger partial charge in [-0.25, -0.2) is 0 Å². The van der Waals surface area contributed by atoms with Crippen molar-refractivity contribution in [2.24, 2.45) is 11.8 Å². The Balaban J connectivity index is 1.97. The number of carbonyl (C=O) groups excluding carboxylic acids is 1. The molecule has 0 bridgehead atoms. The molecule has 0 radical (unpaired) electrons. The highest BCUT2D eigenvalue weighted by Gasteiger charge is 2.33. The van der Waals surface area contributed by atoms with Crippen LogP contribution in [0.1, 0.15) is 24.0 Å². The van der Waals surface area contributed by atoms with Crippen LogP contribution in [0.4, 0.5) is 0 Å². The Morgan fingerprint density at radius 1 is 1.25 bits per heavy atom. The summed E-state index contributed by atoms with van der Waals surface area (Å²) in [5.74, 6) is -2.16. The topological polar surface area (TPSA) is 66.4 Å². The third-order valence-corrected chi connectivity index (χ3v) is 3.64. The van der Waals surface area contributed by atoms with Crippen molar-refractivity contribution in [3.63, 3.8) is 0 Å². The fourth-order valence-corrected chi connectivity index (χ4v) is 2.52. The lowest BCUT2D eigenvalue weighted by molar-refractivity contribution is -0.147. The second-order valence-electron chi connectivity index (χ2n) is 5.20. The Morgan fingerprint density at radius 2 is 1.95 bits per heavy atom. The van der Waals surface area contributed by atoms with Gasteiger partial charge in [0.15, 0.2) is 0 Å². The van der Waals surface area contributed by atoms with Crippen LogP contribution in [-0.2, 0) is 16.1 Å². The predicted octanol–water partition coefficient (Wildman–Crippen LogP) is 2.28. The van der Waals surface area contributed by atoms with Crippen molar-refractivity contribution < 1.29 is 14.7 Å². The monoisotopic (exact) mass is 273 g/mol. The summed E-state index contributed by atoms with van der Waals surface area (Å²) in [5, 5.41) is 12.0. The zero-order valence-corrected chi connectivity index (χ0v) is 11.5. The molecule has 2 N–H and O–H groups in total. The molecule has 2 unspecified atom stereocenters. The number of aryl methyl sites for hydroxylation is 1. The first-order chi connectivity index (χ1) is 9.58. The Hall–Kier alpha value is -2.10. The van der Waals surface area contributed by atoms with Crippen LogP contribution in [0, 0.1) is 18.8 Å². The van der Waals surface area contributed by atoms with Crippen LogP contribution in [0.2, 0.25) is 0 Å². The fraction of sp³-hybridized carbons (Fsp3) is 0.375. The molecule has 1 aromatic rings. The van der Waals surface area contributed by atoms with E-state index in [0.29, 0.717) is 19.4 Å². The van der Waals surface area contributed by atoms with Gasteiger partial charge in [-0.3, -0.25) is 9.59 Å². The summed E-state index contributed by atoms with van der Waals surface area (Å²) in [6, 6.07) is 7.90. The maximum absolute atomic E-state index is 12.2. The first kappa shape index (κ1) is 14.3. The van der Waals surface area contributed by atoms with E-state index in [1.807, 2.05) is 43.3 Å². The quantitative estimate of drug-likeness (QED) is 0.827. The van der Waals surface area contributed by atoms with Gasteiger partial charge >= 0.3 is 5.97 Å². The number of carbonyl (C=O) groups is 2. The van der Waals surface area contributed by atoms with E-state index >= 15 is 0 Å². The zero-order valence-electron chi connectivity index (χ0n) is 11.5. The average Bonchev–Trinajstić information content (AvgIpc) is 2.45. The van der Waals surface area contributed by atoms with Gasteiger partial charge in [-0.05, 0) is 25.3 Å². The van der Waals surface area contributed by atoms with Gasteiger partial charge in [0.2, 0.25) is 5.91 Å².